The molecule has 1 fully saturated rings. The molecule has 0 saturated carbocycles. The lowest BCUT2D eigenvalue weighted by Gasteiger charge is -2.27. The second kappa shape index (κ2) is 5.80. The summed E-state index contributed by atoms with van der Waals surface area (Å²) >= 11 is 6.01. The molecule has 0 atom stereocenters. The number of hydrogen-bond donors (Lipinski definition) is 1. The summed E-state index contributed by atoms with van der Waals surface area (Å²) in [6.07, 6.45) is 0.822. The van der Waals surface area contributed by atoms with Gasteiger partial charge >= 0.3 is 0 Å². The van der Waals surface area contributed by atoms with E-state index in [2.05, 4.69) is 10.2 Å². The fourth-order valence-electron chi connectivity index (χ4n) is 2.20. The number of nitrogens with zero attached hydrogens (tertiary/aromatic N) is 1. The Morgan fingerprint density at radius 3 is 2.76 bits per heavy atom. The summed E-state index contributed by atoms with van der Waals surface area (Å²) in [4.78, 5) is 2.39. The van der Waals surface area contributed by atoms with Crippen molar-refractivity contribution in [2.75, 3.05) is 32.7 Å². The molecule has 1 saturated heterocycles. The number of hydrogen-bond acceptors (Lipinski definition) is 2. The van der Waals surface area contributed by atoms with Gasteiger partial charge in [0.05, 0.1) is 5.02 Å². The van der Waals surface area contributed by atoms with Gasteiger partial charge in [0.25, 0.3) is 0 Å². The molecule has 0 unspecified atom stereocenters. The van der Waals surface area contributed by atoms with Crippen molar-refractivity contribution in [1.29, 1.82) is 0 Å². The van der Waals surface area contributed by atoms with Crippen molar-refractivity contribution in [2.24, 2.45) is 0 Å². The molecule has 1 aromatic rings. The van der Waals surface area contributed by atoms with Crippen LogP contribution >= 0.6 is 11.6 Å². The Bertz CT molecular complexity index is 389. The summed E-state index contributed by atoms with van der Waals surface area (Å²) in [5.74, 6) is -0.312. The van der Waals surface area contributed by atoms with Gasteiger partial charge in [-0.3, -0.25) is 0 Å². The Morgan fingerprint density at radius 2 is 2.06 bits per heavy atom. The molecule has 1 aromatic carbocycles. The van der Waals surface area contributed by atoms with Gasteiger partial charge in [0.1, 0.15) is 5.82 Å². The molecule has 0 bridgehead atoms. The first-order chi connectivity index (χ1) is 8.18. The molecule has 2 rings (SSSR count). The fourth-order valence-corrected chi connectivity index (χ4v) is 2.51. The lowest BCUT2D eigenvalue weighted by atomic mass is 10.0. The highest BCUT2D eigenvalue weighted by Crippen LogP contribution is 2.23. The minimum atomic E-state index is -0.312. The zero-order valence-electron chi connectivity index (χ0n) is 10.1. The van der Waals surface area contributed by atoms with Crippen LogP contribution in [0.1, 0.15) is 11.1 Å². The molecule has 94 valence electrons. The Morgan fingerprint density at radius 1 is 1.35 bits per heavy atom. The Labute approximate surface area is 107 Å². The first-order valence-electron chi connectivity index (χ1n) is 6.05. The molecule has 0 aromatic heterocycles. The largest absolute Gasteiger partial charge is 0.314 e. The predicted molar refractivity (Wildman–Crippen MR) is 69.2 cm³/mol. The first-order valence-corrected chi connectivity index (χ1v) is 6.43. The molecule has 17 heavy (non-hydrogen) atoms. The number of halogens is 2. The van der Waals surface area contributed by atoms with Gasteiger partial charge in [-0.05, 0) is 30.5 Å². The second-order valence-electron chi connectivity index (χ2n) is 4.50. The third-order valence-electron chi connectivity index (χ3n) is 3.32. The first kappa shape index (κ1) is 12.8. The van der Waals surface area contributed by atoms with Crippen LogP contribution in [0, 0.1) is 12.7 Å². The maximum atomic E-state index is 13.4. The topological polar surface area (TPSA) is 15.3 Å². The van der Waals surface area contributed by atoms with Crippen LogP contribution in [0.2, 0.25) is 5.02 Å². The van der Waals surface area contributed by atoms with E-state index in [1.54, 1.807) is 6.07 Å². The van der Waals surface area contributed by atoms with Crippen LogP contribution < -0.4 is 5.32 Å². The van der Waals surface area contributed by atoms with E-state index in [4.69, 9.17) is 11.6 Å². The molecule has 4 heteroatoms. The molecule has 0 aliphatic carbocycles. The average Bonchev–Trinajstić information content (AvgIpc) is 2.35. The Kier molecular flexibility index (Phi) is 4.37. The van der Waals surface area contributed by atoms with Crippen molar-refractivity contribution in [2.45, 2.75) is 13.3 Å². The summed E-state index contributed by atoms with van der Waals surface area (Å²) in [5, 5.41) is 3.61. The maximum Gasteiger partial charge on any atom is 0.142 e. The van der Waals surface area contributed by atoms with Gasteiger partial charge in [0.15, 0.2) is 0 Å². The summed E-state index contributed by atoms with van der Waals surface area (Å²) in [6.45, 7) is 7.13. The molecule has 2 nitrogen and oxygen atoms in total. The molecule has 1 aliphatic heterocycles. The molecule has 1 N–H and O–H groups in total. The van der Waals surface area contributed by atoms with Crippen molar-refractivity contribution in [3.8, 4) is 0 Å². The van der Waals surface area contributed by atoms with E-state index in [1.165, 1.54) is 6.07 Å². The zero-order chi connectivity index (χ0) is 12.3. The van der Waals surface area contributed by atoms with Gasteiger partial charge < -0.3 is 10.2 Å². The normalized spacial score (nSPS) is 17.4. The quantitative estimate of drug-likeness (QED) is 0.892. The number of benzene rings is 1. The van der Waals surface area contributed by atoms with Crippen molar-refractivity contribution in [3.05, 3.63) is 34.1 Å². The van der Waals surface area contributed by atoms with E-state index in [0.29, 0.717) is 5.02 Å². The van der Waals surface area contributed by atoms with Crippen LogP contribution in [0.25, 0.3) is 0 Å². The highest BCUT2D eigenvalue weighted by Gasteiger charge is 2.13. The Balaban J connectivity index is 2.00. The van der Waals surface area contributed by atoms with Gasteiger partial charge in [-0.25, -0.2) is 4.39 Å². The zero-order valence-corrected chi connectivity index (χ0v) is 10.9. The third kappa shape index (κ3) is 3.18. The van der Waals surface area contributed by atoms with Crippen LogP contribution in [0.5, 0.6) is 0 Å². The van der Waals surface area contributed by atoms with Crippen LogP contribution in [0.4, 0.5) is 4.39 Å². The van der Waals surface area contributed by atoms with Gasteiger partial charge in [0.2, 0.25) is 0 Å². The highest BCUT2D eigenvalue weighted by molar-refractivity contribution is 6.31. The van der Waals surface area contributed by atoms with Gasteiger partial charge in [-0.15, -0.1) is 0 Å². The number of nitrogens with one attached hydrogen (secondary N) is 1. The highest BCUT2D eigenvalue weighted by atomic mass is 35.5. The van der Waals surface area contributed by atoms with Crippen LogP contribution in [-0.2, 0) is 6.42 Å². The van der Waals surface area contributed by atoms with Crippen LogP contribution in [-0.4, -0.2) is 37.6 Å². The summed E-state index contributed by atoms with van der Waals surface area (Å²) < 4.78 is 13.4. The van der Waals surface area contributed by atoms with E-state index >= 15 is 0 Å². The summed E-state index contributed by atoms with van der Waals surface area (Å²) in [7, 11) is 0. The van der Waals surface area contributed by atoms with E-state index < -0.39 is 0 Å². The minimum Gasteiger partial charge on any atom is -0.314 e. The second-order valence-corrected chi connectivity index (χ2v) is 4.88. The minimum absolute atomic E-state index is 0.292. The number of piperazine rings is 1. The van der Waals surface area contributed by atoms with E-state index in [-0.39, 0.29) is 5.82 Å². The number of aryl methyl sites for hydroxylation is 1. The van der Waals surface area contributed by atoms with E-state index in [9.17, 15) is 4.39 Å². The van der Waals surface area contributed by atoms with Crippen molar-refractivity contribution >= 4 is 11.6 Å². The predicted octanol–water partition coefficient (Wildman–Crippen LogP) is 2.24. The lowest BCUT2D eigenvalue weighted by Crippen LogP contribution is -2.44. The van der Waals surface area contributed by atoms with Crippen LogP contribution in [0.3, 0.4) is 0 Å². The SMILES string of the molecule is Cc1ccc(F)c(Cl)c1CCN1CCNCC1. The third-order valence-corrected chi connectivity index (χ3v) is 3.73. The molecule has 1 heterocycles. The fraction of sp³-hybridized carbons (Fsp3) is 0.538. The molecule has 0 amide bonds. The van der Waals surface area contributed by atoms with E-state index in [1.807, 2.05) is 6.92 Å². The van der Waals surface area contributed by atoms with Gasteiger partial charge in [0, 0.05) is 32.7 Å². The smallest absolute Gasteiger partial charge is 0.142 e. The Hall–Kier alpha value is -0.640. The summed E-state index contributed by atoms with van der Waals surface area (Å²) in [5.41, 5.74) is 2.02. The standard InChI is InChI=1S/C13H18ClFN2/c1-10-2-3-12(15)13(14)11(10)4-7-17-8-5-16-6-9-17/h2-3,16H,4-9H2,1H3. The maximum absolute atomic E-state index is 13.4. The van der Waals surface area contributed by atoms with E-state index in [0.717, 1.165) is 50.3 Å². The molecule has 0 radical (unpaired) electrons. The lowest BCUT2D eigenvalue weighted by molar-refractivity contribution is 0.243. The van der Waals surface area contributed by atoms with Gasteiger partial charge in [-0.2, -0.15) is 0 Å². The molecule has 1 aliphatic rings. The molecular weight excluding hydrogens is 239 g/mol. The summed E-state index contributed by atoms with van der Waals surface area (Å²) in [6, 6.07) is 3.24. The average molecular weight is 257 g/mol. The molecule has 0 spiro atoms. The van der Waals surface area contributed by atoms with Crippen molar-refractivity contribution in [3.63, 3.8) is 0 Å². The monoisotopic (exact) mass is 256 g/mol. The number of rotatable bonds is 3. The van der Waals surface area contributed by atoms with Crippen LogP contribution in [0.15, 0.2) is 12.1 Å². The van der Waals surface area contributed by atoms with Crippen molar-refractivity contribution in [1.82, 2.24) is 10.2 Å². The van der Waals surface area contributed by atoms with Gasteiger partial charge in [-0.1, -0.05) is 17.7 Å². The molecular formula is C13H18ClFN2. The van der Waals surface area contributed by atoms with Crippen molar-refractivity contribution < 1.29 is 4.39 Å².